The van der Waals surface area contributed by atoms with E-state index >= 15 is 0 Å². The maximum atomic E-state index is 12.7. The van der Waals surface area contributed by atoms with Crippen LogP contribution in [-0.4, -0.2) is 33.7 Å². The molecule has 0 saturated carbocycles. The fraction of sp³-hybridized carbons (Fsp3) is 0.278. The quantitative estimate of drug-likeness (QED) is 0.776. The summed E-state index contributed by atoms with van der Waals surface area (Å²) in [5, 5.41) is 3.28. The number of carbonyl (C=O) groups is 1. The summed E-state index contributed by atoms with van der Waals surface area (Å²) in [5.74, 6) is 0.178. The third-order valence-corrected chi connectivity index (χ3v) is 5.20. The molecule has 0 radical (unpaired) electrons. The molecule has 0 saturated heterocycles. The van der Waals surface area contributed by atoms with Gasteiger partial charge in [0.1, 0.15) is 11.8 Å². The number of amides is 1. The second-order valence-electron chi connectivity index (χ2n) is 5.68. The minimum Gasteiger partial charge on any atom is -0.497 e. The second kappa shape index (κ2) is 8.42. The Morgan fingerprint density at radius 2 is 1.73 bits per heavy atom. The summed E-state index contributed by atoms with van der Waals surface area (Å²) in [6.07, 6.45) is 1.38. The first-order valence-electron chi connectivity index (χ1n) is 7.96. The Morgan fingerprint density at radius 3 is 2.19 bits per heavy atom. The summed E-state index contributed by atoms with van der Waals surface area (Å²) < 4.78 is 31.0. The van der Waals surface area contributed by atoms with Crippen molar-refractivity contribution in [2.24, 2.45) is 0 Å². The van der Waals surface area contributed by atoms with Crippen LogP contribution in [-0.2, 0) is 14.8 Å². The summed E-state index contributed by atoms with van der Waals surface area (Å²) in [7, 11) is -2.16. The van der Waals surface area contributed by atoms with Crippen LogP contribution in [0.15, 0.2) is 48.5 Å². The molecule has 6 nitrogen and oxygen atoms in total. The molecule has 0 heterocycles. The van der Waals surface area contributed by atoms with Crippen LogP contribution in [0.25, 0.3) is 0 Å². The zero-order valence-corrected chi connectivity index (χ0v) is 16.3. The number of halogens is 1. The molecular weight excluding hydrogens is 376 g/mol. The van der Waals surface area contributed by atoms with Crippen molar-refractivity contribution in [1.82, 2.24) is 0 Å². The molecule has 1 amide bonds. The number of hydrogen-bond acceptors (Lipinski definition) is 4. The minimum atomic E-state index is -3.68. The van der Waals surface area contributed by atoms with Gasteiger partial charge >= 0.3 is 0 Å². The van der Waals surface area contributed by atoms with E-state index < -0.39 is 22.0 Å². The smallest absolute Gasteiger partial charge is 0.248 e. The monoisotopic (exact) mass is 396 g/mol. The summed E-state index contributed by atoms with van der Waals surface area (Å²) >= 11 is 5.84. The Hall–Kier alpha value is -2.25. The molecule has 0 unspecified atom stereocenters. The molecule has 1 N–H and O–H groups in total. The molecule has 0 bridgehead atoms. The first kappa shape index (κ1) is 20.1. The van der Waals surface area contributed by atoms with Gasteiger partial charge in [-0.2, -0.15) is 0 Å². The predicted molar refractivity (Wildman–Crippen MR) is 104 cm³/mol. The molecule has 1 atom stereocenters. The second-order valence-corrected chi connectivity index (χ2v) is 7.97. The van der Waals surface area contributed by atoms with E-state index in [4.69, 9.17) is 16.3 Å². The van der Waals surface area contributed by atoms with Crippen LogP contribution in [0.1, 0.15) is 13.3 Å². The number of sulfonamides is 1. The maximum absolute atomic E-state index is 12.7. The molecule has 2 rings (SSSR count). The van der Waals surface area contributed by atoms with E-state index in [2.05, 4.69) is 5.32 Å². The van der Waals surface area contributed by atoms with Gasteiger partial charge < -0.3 is 10.1 Å². The van der Waals surface area contributed by atoms with Gasteiger partial charge in [0.2, 0.25) is 15.9 Å². The van der Waals surface area contributed by atoms with Gasteiger partial charge in [0.05, 0.1) is 19.1 Å². The number of ether oxygens (including phenoxy) is 1. The van der Waals surface area contributed by atoms with Gasteiger partial charge in [-0.3, -0.25) is 9.10 Å². The standard InChI is InChI=1S/C18H21ClN2O4S/c1-4-17(18(22)20-14-7-5-13(19)6-8-14)21(26(3,23)24)15-9-11-16(25-2)12-10-15/h5-12,17H,4H2,1-3H3,(H,20,22)/t17-/m0/s1. The highest BCUT2D eigenvalue weighted by Crippen LogP contribution is 2.25. The molecular formula is C18H21ClN2O4S. The van der Waals surface area contributed by atoms with E-state index in [1.165, 1.54) is 7.11 Å². The number of rotatable bonds is 7. The van der Waals surface area contributed by atoms with E-state index in [0.717, 1.165) is 10.6 Å². The highest BCUT2D eigenvalue weighted by molar-refractivity contribution is 7.92. The SMILES string of the molecule is CC[C@@H](C(=O)Nc1ccc(Cl)cc1)N(c1ccc(OC)cc1)S(C)(=O)=O. The normalized spacial score (nSPS) is 12.3. The Kier molecular flexibility index (Phi) is 6.50. The Balaban J connectivity index is 2.33. The molecule has 0 spiro atoms. The number of carbonyl (C=O) groups excluding carboxylic acids is 1. The summed E-state index contributed by atoms with van der Waals surface area (Å²) in [6.45, 7) is 1.76. The molecule has 26 heavy (non-hydrogen) atoms. The number of anilines is 2. The fourth-order valence-corrected chi connectivity index (χ4v) is 3.89. The number of hydrogen-bond donors (Lipinski definition) is 1. The lowest BCUT2D eigenvalue weighted by Crippen LogP contribution is -2.46. The van der Waals surface area contributed by atoms with Gasteiger partial charge in [0.25, 0.3) is 0 Å². The zero-order chi connectivity index (χ0) is 19.3. The maximum Gasteiger partial charge on any atom is 0.248 e. The highest BCUT2D eigenvalue weighted by Gasteiger charge is 2.31. The first-order chi connectivity index (χ1) is 12.3. The van der Waals surface area contributed by atoms with E-state index in [9.17, 15) is 13.2 Å². The van der Waals surface area contributed by atoms with Crippen molar-refractivity contribution in [3.05, 3.63) is 53.6 Å². The predicted octanol–water partition coefficient (Wildman–Crippen LogP) is 3.53. The van der Waals surface area contributed by atoms with Gasteiger partial charge in [0.15, 0.2) is 0 Å². The third kappa shape index (κ3) is 4.89. The minimum absolute atomic E-state index is 0.304. The van der Waals surface area contributed by atoms with Crippen LogP contribution < -0.4 is 14.4 Å². The molecule has 8 heteroatoms. The molecule has 140 valence electrons. The zero-order valence-electron chi connectivity index (χ0n) is 14.8. The average Bonchev–Trinajstić information content (AvgIpc) is 2.60. The van der Waals surface area contributed by atoms with Gasteiger partial charge in [-0.15, -0.1) is 0 Å². The summed E-state index contributed by atoms with van der Waals surface area (Å²) in [6, 6.07) is 12.2. The average molecular weight is 397 g/mol. The van der Waals surface area contributed by atoms with E-state index in [1.54, 1.807) is 55.5 Å². The summed E-state index contributed by atoms with van der Waals surface area (Å²) in [4.78, 5) is 12.7. The number of methoxy groups -OCH3 is 1. The number of nitrogens with one attached hydrogen (secondary N) is 1. The lowest BCUT2D eigenvalue weighted by atomic mass is 10.1. The van der Waals surface area contributed by atoms with Gasteiger partial charge in [-0.25, -0.2) is 8.42 Å². The summed E-state index contributed by atoms with van der Waals surface area (Å²) in [5.41, 5.74) is 0.937. The molecule has 0 aromatic heterocycles. The van der Waals surface area contributed by atoms with Crippen LogP contribution in [0.2, 0.25) is 5.02 Å². The third-order valence-electron chi connectivity index (χ3n) is 3.77. The van der Waals surface area contributed by atoms with Gasteiger partial charge in [-0.1, -0.05) is 18.5 Å². The van der Waals surface area contributed by atoms with Crippen molar-refractivity contribution in [2.45, 2.75) is 19.4 Å². The Labute approximate surface area is 158 Å². The van der Waals surface area contributed by atoms with Crippen molar-refractivity contribution >= 4 is 38.9 Å². The molecule has 2 aromatic rings. The fourth-order valence-electron chi connectivity index (χ4n) is 2.55. The molecule has 0 aliphatic heterocycles. The molecule has 0 fully saturated rings. The van der Waals surface area contributed by atoms with E-state index in [0.29, 0.717) is 28.6 Å². The molecule has 0 aliphatic carbocycles. The van der Waals surface area contributed by atoms with Crippen LogP contribution >= 0.6 is 11.6 Å². The highest BCUT2D eigenvalue weighted by atomic mass is 35.5. The van der Waals surface area contributed by atoms with Gasteiger partial charge in [0, 0.05) is 10.7 Å². The van der Waals surface area contributed by atoms with Crippen molar-refractivity contribution in [3.63, 3.8) is 0 Å². The van der Waals surface area contributed by atoms with Crippen molar-refractivity contribution in [1.29, 1.82) is 0 Å². The lowest BCUT2D eigenvalue weighted by molar-refractivity contribution is -0.117. The first-order valence-corrected chi connectivity index (χ1v) is 10.2. The van der Waals surface area contributed by atoms with Crippen LogP contribution in [0.3, 0.4) is 0 Å². The van der Waals surface area contributed by atoms with Crippen molar-refractivity contribution in [2.75, 3.05) is 23.0 Å². The van der Waals surface area contributed by atoms with Crippen molar-refractivity contribution in [3.8, 4) is 5.75 Å². The molecule has 0 aliphatic rings. The largest absolute Gasteiger partial charge is 0.497 e. The topological polar surface area (TPSA) is 75.7 Å². The number of benzene rings is 2. The van der Waals surface area contributed by atoms with Crippen molar-refractivity contribution < 1.29 is 17.9 Å². The number of nitrogens with zero attached hydrogens (tertiary/aromatic N) is 1. The van der Waals surface area contributed by atoms with Crippen LogP contribution in [0.4, 0.5) is 11.4 Å². The van der Waals surface area contributed by atoms with Crippen LogP contribution in [0.5, 0.6) is 5.75 Å². The van der Waals surface area contributed by atoms with E-state index in [-0.39, 0.29) is 0 Å². The Bertz CT molecular complexity index is 852. The lowest BCUT2D eigenvalue weighted by Gasteiger charge is -2.30. The van der Waals surface area contributed by atoms with E-state index in [1.807, 2.05) is 0 Å². The van der Waals surface area contributed by atoms with Gasteiger partial charge in [-0.05, 0) is 55.0 Å². The Morgan fingerprint density at radius 1 is 1.15 bits per heavy atom. The molecule has 2 aromatic carbocycles. The van der Waals surface area contributed by atoms with Crippen LogP contribution in [0, 0.1) is 0 Å².